The van der Waals surface area contributed by atoms with Crippen LogP contribution in [0.1, 0.15) is 56.1 Å². The van der Waals surface area contributed by atoms with Crippen LogP contribution in [0.3, 0.4) is 0 Å². The molecule has 7 fully saturated rings. The molecular formula is C35H40F3N3O10. The zero-order valence-electron chi connectivity index (χ0n) is 27.7. The van der Waals surface area contributed by atoms with Crippen LogP contribution < -0.4 is 5.32 Å². The summed E-state index contributed by atoms with van der Waals surface area (Å²) in [4.78, 5) is 62.7. The number of likely N-dealkylation sites (tertiary alicyclic amines) is 1. The van der Waals surface area contributed by atoms with Gasteiger partial charge in [-0.25, -0.2) is 4.79 Å². The predicted molar refractivity (Wildman–Crippen MR) is 166 cm³/mol. The van der Waals surface area contributed by atoms with Gasteiger partial charge in [0.05, 0.1) is 13.2 Å². The Hall–Kier alpha value is -3.57. The monoisotopic (exact) mass is 719 g/mol. The van der Waals surface area contributed by atoms with Gasteiger partial charge in [0.25, 0.3) is 0 Å². The van der Waals surface area contributed by atoms with E-state index >= 15 is 4.79 Å². The van der Waals surface area contributed by atoms with Crippen LogP contribution in [-0.4, -0.2) is 114 Å². The number of hydroxylamine groups is 2. The van der Waals surface area contributed by atoms with E-state index in [-0.39, 0.29) is 44.5 Å². The Morgan fingerprint density at radius 2 is 1.78 bits per heavy atom. The lowest BCUT2D eigenvalue weighted by Crippen LogP contribution is -2.70. The Morgan fingerprint density at radius 3 is 2.49 bits per heavy atom. The van der Waals surface area contributed by atoms with Crippen molar-refractivity contribution in [3.05, 3.63) is 41.5 Å². The van der Waals surface area contributed by atoms with E-state index in [1.54, 1.807) is 24.3 Å². The number of hydrogen-bond donors (Lipinski definition) is 2. The molecule has 1 aromatic carbocycles. The van der Waals surface area contributed by atoms with Crippen molar-refractivity contribution >= 4 is 29.8 Å². The quantitative estimate of drug-likeness (QED) is 0.255. The number of ether oxygens (including phenoxy) is 4. The van der Waals surface area contributed by atoms with Gasteiger partial charge in [0.1, 0.15) is 35.9 Å². The lowest BCUT2D eigenvalue weighted by atomic mass is 9.62. The number of fused-ring (bicyclic) bond motifs is 4. The molecule has 0 unspecified atom stereocenters. The molecule has 3 saturated carbocycles. The van der Waals surface area contributed by atoms with E-state index in [1.807, 2.05) is 0 Å². The summed E-state index contributed by atoms with van der Waals surface area (Å²) in [6.45, 7) is -1.73. The topological polar surface area (TPSA) is 153 Å². The summed E-state index contributed by atoms with van der Waals surface area (Å²) >= 11 is 0. The Bertz CT molecular complexity index is 1600. The molecule has 2 amide bonds. The molecular weight excluding hydrogens is 679 g/mol. The van der Waals surface area contributed by atoms with Crippen LogP contribution in [0, 0.1) is 17.3 Å². The van der Waals surface area contributed by atoms with Crippen molar-refractivity contribution in [1.29, 1.82) is 0 Å². The van der Waals surface area contributed by atoms with Crippen molar-refractivity contribution in [2.45, 2.75) is 100.0 Å². The van der Waals surface area contributed by atoms with E-state index in [0.29, 0.717) is 24.0 Å². The standard InChI is InChI=1S/C35H40F3N3O10/c36-34(37,38)18-47-25(43)12-7-19-4-1-2-5-20(19)17-41-28-31(45)48-24-16-33(28,32(46)40-14-3-6-23(40)30(44)39-13-15-42)29(51-41)27-26(24)49-35(50-27,21-8-9-21)22-10-11-22/h1-2,4-5,7,12,21-24,26-29,42H,3,6,8-11,13-18H2,(H,39,44)/t23-,24-,26+,27+,28+,29-,33+/m1/s1. The number of amides is 2. The number of esters is 2. The van der Waals surface area contributed by atoms with E-state index < -0.39 is 84.2 Å². The molecule has 8 rings (SSSR count). The van der Waals surface area contributed by atoms with Gasteiger partial charge in [0.15, 0.2) is 18.4 Å². The number of nitrogens with zero attached hydrogens (tertiary/aromatic N) is 2. The third-order valence-electron chi connectivity index (χ3n) is 11.3. The minimum atomic E-state index is -4.67. The molecule has 2 N–H and O–H groups in total. The fourth-order valence-corrected chi connectivity index (χ4v) is 8.86. The molecule has 4 aliphatic heterocycles. The number of carbonyl (C=O) groups excluding carboxylic acids is 4. The summed E-state index contributed by atoms with van der Waals surface area (Å²) in [5.74, 6) is -3.15. The highest BCUT2D eigenvalue weighted by atomic mass is 19.4. The number of rotatable bonds is 11. The molecule has 4 saturated heterocycles. The minimum Gasteiger partial charge on any atom is -0.458 e. The largest absolute Gasteiger partial charge is 0.458 e. The molecule has 7 aliphatic rings. The molecule has 0 spiro atoms. The van der Waals surface area contributed by atoms with Crippen molar-refractivity contribution in [3.8, 4) is 0 Å². The maximum Gasteiger partial charge on any atom is 0.422 e. The van der Waals surface area contributed by atoms with Gasteiger partial charge in [-0.05, 0) is 55.7 Å². The lowest BCUT2D eigenvalue weighted by molar-refractivity contribution is -0.235. The summed E-state index contributed by atoms with van der Waals surface area (Å²) in [6.07, 6.45) is -0.805. The highest BCUT2D eigenvalue weighted by Crippen LogP contribution is 2.64. The summed E-state index contributed by atoms with van der Waals surface area (Å²) in [5.41, 5.74) is -0.511. The van der Waals surface area contributed by atoms with Gasteiger partial charge in [-0.1, -0.05) is 24.3 Å². The highest BCUT2D eigenvalue weighted by molar-refractivity contribution is 5.96. The number of aliphatic hydroxyl groups excluding tert-OH is 1. The minimum absolute atomic E-state index is 0.0340. The Morgan fingerprint density at radius 1 is 1.06 bits per heavy atom. The van der Waals surface area contributed by atoms with Gasteiger partial charge >= 0.3 is 18.1 Å². The molecule has 1 aromatic rings. The first-order valence-corrected chi connectivity index (χ1v) is 17.6. The molecule has 3 aliphatic carbocycles. The van der Waals surface area contributed by atoms with Gasteiger partial charge in [-0.3, -0.25) is 19.2 Å². The number of halogens is 3. The molecule has 0 radical (unpaired) electrons. The lowest BCUT2D eigenvalue weighted by Gasteiger charge is -2.50. The van der Waals surface area contributed by atoms with Crippen molar-refractivity contribution in [2.75, 3.05) is 26.3 Å². The average Bonchev–Trinajstić information content (AvgIpc) is 4.02. The number of aliphatic hydroxyl groups is 1. The van der Waals surface area contributed by atoms with Crippen molar-refractivity contribution < 1.29 is 61.2 Å². The van der Waals surface area contributed by atoms with Gasteiger partial charge in [0.2, 0.25) is 11.8 Å². The average molecular weight is 720 g/mol. The van der Waals surface area contributed by atoms with E-state index in [9.17, 15) is 32.7 Å². The first-order chi connectivity index (χ1) is 24.4. The van der Waals surface area contributed by atoms with Crippen LogP contribution in [0.15, 0.2) is 30.3 Å². The molecule has 51 heavy (non-hydrogen) atoms. The molecule has 13 nitrogen and oxygen atoms in total. The van der Waals surface area contributed by atoms with Crippen LogP contribution in [-0.2, 0) is 49.5 Å². The third-order valence-corrected chi connectivity index (χ3v) is 11.3. The summed E-state index contributed by atoms with van der Waals surface area (Å²) in [7, 11) is 0. The summed E-state index contributed by atoms with van der Waals surface area (Å²) in [5, 5.41) is 13.4. The van der Waals surface area contributed by atoms with E-state index in [0.717, 1.165) is 31.8 Å². The summed E-state index contributed by atoms with van der Waals surface area (Å²) < 4.78 is 61.8. The Balaban J connectivity index is 1.13. The maximum absolute atomic E-state index is 15.1. The van der Waals surface area contributed by atoms with E-state index in [4.69, 9.17) is 19.0 Å². The third kappa shape index (κ3) is 6.02. The fraction of sp³-hybridized carbons (Fsp3) is 0.657. The van der Waals surface area contributed by atoms with Gasteiger partial charge in [0, 0.05) is 37.4 Å². The second-order valence-corrected chi connectivity index (χ2v) is 14.6. The van der Waals surface area contributed by atoms with Crippen molar-refractivity contribution in [3.63, 3.8) is 0 Å². The highest BCUT2D eigenvalue weighted by Gasteiger charge is 2.78. The maximum atomic E-state index is 15.1. The van der Waals surface area contributed by atoms with Crippen molar-refractivity contribution in [2.24, 2.45) is 17.3 Å². The Kier molecular flexibility index (Phi) is 8.68. The van der Waals surface area contributed by atoms with Crippen LogP contribution >= 0.6 is 0 Å². The molecule has 16 heteroatoms. The van der Waals surface area contributed by atoms with E-state index in [1.165, 1.54) is 16.0 Å². The summed E-state index contributed by atoms with van der Waals surface area (Å²) in [6, 6.07) is 4.72. The first-order valence-electron chi connectivity index (χ1n) is 17.6. The second-order valence-electron chi connectivity index (χ2n) is 14.6. The van der Waals surface area contributed by atoms with E-state index in [2.05, 4.69) is 10.1 Å². The Labute approximate surface area is 291 Å². The second kappa shape index (κ2) is 12.8. The molecule has 2 bridgehead atoms. The molecule has 4 heterocycles. The predicted octanol–water partition coefficient (Wildman–Crippen LogP) is 2.01. The van der Waals surface area contributed by atoms with Gasteiger partial charge < -0.3 is 34.3 Å². The van der Waals surface area contributed by atoms with Gasteiger partial charge in [-0.2, -0.15) is 18.2 Å². The smallest absolute Gasteiger partial charge is 0.422 e. The molecule has 276 valence electrons. The van der Waals surface area contributed by atoms with Crippen LogP contribution in [0.4, 0.5) is 13.2 Å². The van der Waals surface area contributed by atoms with Crippen molar-refractivity contribution in [1.82, 2.24) is 15.3 Å². The first kappa shape index (κ1) is 34.5. The number of hydrogen-bond acceptors (Lipinski definition) is 11. The molecule has 0 aromatic heterocycles. The number of benzene rings is 1. The fourth-order valence-electron chi connectivity index (χ4n) is 8.86. The van der Waals surface area contributed by atoms with Gasteiger partial charge in [-0.15, -0.1) is 0 Å². The zero-order chi connectivity index (χ0) is 35.7. The molecule has 7 atom stereocenters. The SMILES string of the molecule is O=C(C=Cc1ccccc1CN1O[C@@H]2[C@H]3OC(C4CC4)(C4CC4)O[C@H]3[C@H]3C[C@]2(C(=O)N2CCC[C@@H]2C(=O)NCCO)[C@@H]1C(=O)O3)OCC(F)(F)F. The number of nitrogens with one attached hydrogen (secondary N) is 1. The number of alkyl halides is 3. The van der Waals surface area contributed by atoms with Crippen LogP contribution in [0.2, 0.25) is 0 Å². The number of carbonyl (C=O) groups is 4. The van der Waals surface area contributed by atoms with Crippen LogP contribution in [0.5, 0.6) is 0 Å². The van der Waals surface area contributed by atoms with Crippen LogP contribution in [0.25, 0.3) is 6.08 Å². The normalized spacial score (nSPS) is 34.0. The zero-order valence-corrected chi connectivity index (χ0v) is 27.7.